The normalized spacial score (nSPS) is 11.5. The predicted octanol–water partition coefficient (Wildman–Crippen LogP) is 4.81. The van der Waals surface area contributed by atoms with Gasteiger partial charge >= 0.3 is 12.3 Å². The number of aromatic nitrogens is 4. The number of alkyl halides is 3. The lowest BCUT2D eigenvalue weighted by atomic mass is 10.1. The first-order chi connectivity index (χ1) is 17.7. The van der Waals surface area contributed by atoms with Crippen molar-refractivity contribution < 1.29 is 27.4 Å². The minimum absolute atomic E-state index is 0.0680. The topological polar surface area (TPSA) is 117 Å². The molecule has 0 aliphatic carbocycles. The highest BCUT2D eigenvalue weighted by Gasteiger charge is 2.30. The van der Waals surface area contributed by atoms with Crippen molar-refractivity contribution in [3.8, 4) is 17.1 Å². The monoisotopic (exact) mass is 514 g/mol. The van der Waals surface area contributed by atoms with Gasteiger partial charge in [-0.25, -0.2) is 19.7 Å². The van der Waals surface area contributed by atoms with Gasteiger partial charge in [0.15, 0.2) is 17.3 Å². The summed E-state index contributed by atoms with van der Waals surface area (Å²) in [5.74, 6) is 1.46. The number of benzene rings is 2. The summed E-state index contributed by atoms with van der Waals surface area (Å²) >= 11 is 0. The highest BCUT2D eigenvalue weighted by molar-refractivity contribution is 5.83. The van der Waals surface area contributed by atoms with Crippen LogP contribution in [0.4, 0.5) is 23.8 Å². The van der Waals surface area contributed by atoms with Gasteiger partial charge in [0.25, 0.3) is 0 Å². The molecule has 0 spiro atoms. The van der Waals surface area contributed by atoms with E-state index in [0.717, 1.165) is 23.4 Å². The van der Waals surface area contributed by atoms with Crippen LogP contribution in [0.2, 0.25) is 0 Å². The quantitative estimate of drug-likeness (QED) is 0.308. The third-order valence-corrected chi connectivity index (χ3v) is 5.56. The van der Waals surface area contributed by atoms with E-state index in [2.05, 4.69) is 20.3 Å². The van der Waals surface area contributed by atoms with Crippen LogP contribution in [-0.4, -0.2) is 39.3 Å². The molecule has 12 heteroatoms. The zero-order chi connectivity index (χ0) is 26.4. The molecule has 0 saturated carbocycles. The largest absolute Gasteiger partial charge is 0.497 e. The lowest BCUT2D eigenvalue weighted by Crippen LogP contribution is -2.24. The minimum atomic E-state index is -4.44. The van der Waals surface area contributed by atoms with Crippen LogP contribution in [0.1, 0.15) is 24.0 Å². The third-order valence-electron chi connectivity index (χ3n) is 5.56. The molecule has 0 atom stereocenters. The first-order valence-electron chi connectivity index (χ1n) is 11.4. The number of nitrogen functional groups attached to an aromatic ring is 1. The molecule has 0 unspecified atom stereocenters. The highest BCUT2D eigenvalue weighted by Crippen LogP contribution is 2.29. The number of rotatable bonds is 9. The Morgan fingerprint density at radius 2 is 1.89 bits per heavy atom. The van der Waals surface area contributed by atoms with Crippen LogP contribution in [0.3, 0.4) is 0 Å². The minimum Gasteiger partial charge on any atom is -0.497 e. The van der Waals surface area contributed by atoms with Gasteiger partial charge in [0.05, 0.1) is 25.6 Å². The van der Waals surface area contributed by atoms with Crippen LogP contribution < -0.4 is 15.8 Å². The van der Waals surface area contributed by atoms with Crippen molar-refractivity contribution in [1.29, 1.82) is 0 Å². The fourth-order valence-corrected chi connectivity index (χ4v) is 3.63. The number of unbranched alkanes of at least 4 members (excludes halogenated alkanes) is 1. The van der Waals surface area contributed by atoms with Gasteiger partial charge in [-0.1, -0.05) is 12.1 Å². The summed E-state index contributed by atoms with van der Waals surface area (Å²) in [6, 6.07) is 12.1. The van der Waals surface area contributed by atoms with Crippen molar-refractivity contribution in [3.63, 3.8) is 0 Å². The number of nitrogens with zero attached hydrogens (tertiary/aromatic N) is 4. The molecule has 0 bridgehead atoms. The molecule has 2 heterocycles. The molecular formula is C25H25F3N6O3. The van der Waals surface area contributed by atoms with Crippen LogP contribution in [0.5, 0.6) is 5.75 Å². The fourth-order valence-electron chi connectivity index (χ4n) is 3.63. The molecule has 3 N–H and O–H groups in total. The second-order valence-electron chi connectivity index (χ2n) is 8.17. The van der Waals surface area contributed by atoms with E-state index in [1.54, 1.807) is 13.4 Å². The molecule has 0 radical (unpaired) electrons. The van der Waals surface area contributed by atoms with E-state index in [1.165, 1.54) is 12.1 Å². The van der Waals surface area contributed by atoms with E-state index < -0.39 is 17.8 Å². The van der Waals surface area contributed by atoms with Gasteiger partial charge < -0.3 is 25.1 Å². The van der Waals surface area contributed by atoms with E-state index in [4.69, 9.17) is 15.2 Å². The summed E-state index contributed by atoms with van der Waals surface area (Å²) in [4.78, 5) is 25.2. The average molecular weight is 515 g/mol. The van der Waals surface area contributed by atoms with Crippen molar-refractivity contribution in [2.24, 2.45) is 0 Å². The molecule has 4 rings (SSSR count). The van der Waals surface area contributed by atoms with E-state index >= 15 is 0 Å². The number of carbonyl (C=O) groups is 1. The second kappa shape index (κ2) is 11.1. The number of nitrogens with two attached hydrogens (primary N) is 1. The van der Waals surface area contributed by atoms with Crippen molar-refractivity contribution >= 4 is 23.1 Å². The number of alkyl carbamates (subject to hydrolysis) is 1. The number of imidazole rings is 1. The van der Waals surface area contributed by atoms with Crippen LogP contribution in [0.25, 0.3) is 22.6 Å². The Bertz CT molecular complexity index is 1370. The molecular weight excluding hydrogens is 489 g/mol. The zero-order valence-corrected chi connectivity index (χ0v) is 20.0. The van der Waals surface area contributed by atoms with Gasteiger partial charge in [0.1, 0.15) is 11.3 Å². The average Bonchev–Trinajstić information content (AvgIpc) is 3.30. The van der Waals surface area contributed by atoms with E-state index in [-0.39, 0.29) is 19.0 Å². The number of hydrogen-bond acceptors (Lipinski definition) is 7. The van der Waals surface area contributed by atoms with Gasteiger partial charge in [-0.3, -0.25) is 0 Å². The predicted molar refractivity (Wildman–Crippen MR) is 131 cm³/mol. The Kier molecular flexibility index (Phi) is 7.75. The van der Waals surface area contributed by atoms with Crippen molar-refractivity contribution in [1.82, 2.24) is 24.8 Å². The summed E-state index contributed by atoms with van der Waals surface area (Å²) in [6.45, 7) is 0.640. The maximum atomic E-state index is 12.8. The summed E-state index contributed by atoms with van der Waals surface area (Å²) in [6.07, 6.45) is -2.28. The Balaban J connectivity index is 1.27. The summed E-state index contributed by atoms with van der Waals surface area (Å²) in [5, 5.41) is 2.46. The van der Waals surface area contributed by atoms with Crippen molar-refractivity contribution in [2.45, 2.75) is 32.1 Å². The molecule has 0 aliphatic heterocycles. The standard InChI is InChI=1S/C25H25F3N6O3/c1-36-19-9-7-17(8-10-19)22-32-21(29)20-23(33-22)34(15-31-20)11-2-3-12-37-24(35)30-14-16-5-4-6-18(13-16)25(26,27)28/h4-10,13,15H,2-3,11-12,14H2,1H3,(H,30,35)(H2,29,32,33). The maximum Gasteiger partial charge on any atom is 0.416 e. The van der Waals surface area contributed by atoms with Crippen LogP contribution in [0.15, 0.2) is 54.9 Å². The third kappa shape index (κ3) is 6.46. The number of carbonyl (C=O) groups excluding carboxylic acids is 1. The molecule has 0 fully saturated rings. The number of amides is 1. The number of ether oxygens (including phenoxy) is 2. The van der Waals surface area contributed by atoms with Crippen molar-refractivity contribution in [3.05, 3.63) is 66.0 Å². The van der Waals surface area contributed by atoms with Gasteiger partial charge in [0.2, 0.25) is 0 Å². The number of fused-ring (bicyclic) bond motifs is 1. The van der Waals surface area contributed by atoms with Gasteiger partial charge in [0, 0.05) is 18.7 Å². The molecule has 2 aromatic carbocycles. The molecule has 9 nitrogen and oxygen atoms in total. The van der Waals surface area contributed by atoms with E-state index in [0.29, 0.717) is 41.9 Å². The molecule has 4 aromatic rings. The van der Waals surface area contributed by atoms with Gasteiger partial charge in [-0.15, -0.1) is 0 Å². The Morgan fingerprint density at radius 1 is 1.11 bits per heavy atom. The first-order valence-corrected chi connectivity index (χ1v) is 11.4. The molecule has 194 valence electrons. The number of hydrogen-bond donors (Lipinski definition) is 2. The molecule has 2 aromatic heterocycles. The second-order valence-corrected chi connectivity index (χ2v) is 8.17. The summed E-state index contributed by atoms with van der Waals surface area (Å²) in [7, 11) is 1.59. The highest BCUT2D eigenvalue weighted by atomic mass is 19.4. The lowest BCUT2D eigenvalue weighted by Gasteiger charge is -2.10. The molecule has 37 heavy (non-hydrogen) atoms. The molecule has 1 amide bonds. The molecule has 0 aliphatic rings. The van der Waals surface area contributed by atoms with Crippen molar-refractivity contribution in [2.75, 3.05) is 19.5 Å². The van der Waals surface area contributed by atoms with Gasteiger partial charge in [-0.05, 0) is 54.8 Å². The Labute approximate surface area is 210 Å². The summed E-state index contributed by atoms with van der Waals surface area (Å²) < 4.78 is 50.6. The number of nitrogens with one attached hydrogen (secondary N) is 1. The number of methoxy groups -OCH3 is 1. The Morgan fingerprint density at radius 3 is 2.62 bits per heavy atom. The summed E-state index contributed by atoms with van der Waals surface area (Å²) in [5.41, 5.74) is 7.54. The van der Waals surface area contributed by atoms with E-state index in [9.17, 15) is 18.0 Å². The smallest absolute Gasteiger partial charge is 0.416 e. The van der Waals surface area contributed by atoms with Gasteiger partial charge in [-0.2, -0.15) is 13.2 Å². The number of halogens is 3. The number of anilines is 1. The van der Waals surface area contributed by atoms with Crippen LogP contribution in [-0.2, 0) is 24.0 Å². The first kappa shape index (κ1) is 25.7. The van der Waals surface area contributed by atoms with E-state index in [1.807, 2.05) is 28.8 Å². The SMILES string of the molecule is COc1ccc(-c2nc(N)c3ncn(CCCCOC(=O)NCc4cccc(C(F)(F)F)c4)c3n2)cc1. The zero-order valence-electron chi connectivity index (χ0n) is 20.0. The number of aryl methyl sites for hydroxylation is 1. The maximum absolute atomic E-state index is 12.8. The molecule has 0 saturated heterocycles. The van der Waals surface area contributed by atoms with Crippen LogP contribution >= 0.6 is 0 Å². The van der Waals surface area contributed by atoms with Crippen LogP contribution in [0, 0.1) is 0 Å². The lowest BCUT2D eigenvalue weighted by molar-refractivity contribution is -0.137. The Hall–Kier alpha value is -4.35. The fraction of sp³-hybridized carbons (Fsp3) is 0.280.